The molecule has 1 aliphatic rings. The van der Waals surface area contributed by atoms with Crippen LogP contribution < -0.4 is 5.32 Å². The lowest BCUT2D eigenvalue weighted by atomic mass is 9.80. The van der Waals surface area contributed by atoms with Crippen LogP contribution in [0.2, 0.25) is 0 Å². The van der Waals surface area contributed by atoms with Crippen LogP contribution in [0.1, 0.15) is 43.5 Å². The summed E-state index contributed by atoms with van der Waals surface area (Å²) in [7, 11) is 0. The van der Waals surface area contributed by atoms with Gasteiger partial charge in [-0.05, 0) is 93.2 Å². The standard InChI is InChI=1S/C16H20I3NO2/c1-3-16(2,10-4-6-20-7-5-10)22-15(21)12-8-11(17)9-13(18)14(12)19/h8-10,20H,3-7H2,1-2H3/p+1. The number of esters is 1. The molecular weight excluding hydrogens is 619 g/mol. The zero-order valence-corrected chi connectivity index (χ0v) is 19.3. The number of nitrogens with two attached hydrogens (primary N) is 1. The lowest BCUT2D eigenvalue weighted by Crippen LogP contribution is -2.86. The predicted octanol–water partition coefficient (Wildman–Crippen LogP) is 3.80. The van der Waals surface area contributed by atoms with Crippen molar-refractivity contribution < 1.29 is 14.8 Å². The van der Waals surface area contributed by atoms with Crippen molar-refractivity contribution in [2.75, 3.05) is 13.1 Å². The Morgan fingerprint density at radius 2 is 1.95 bits per heavy atom. The van der Waals surface area contributed by atoms with E-state index in [1.54, 1.807) is 0 Å². The van der Waals surface area contributed by atoms with Crippen LogP contribution in [0, 0.1) is 16.6 Å². The summed E-state index contributed by atoms with van der Waals surface area (Å²) in [6.45, 7) is 6.49. The van der Waals surface area contributed by atoms with E-state index in [1.807, 2.05) is 6.07 Å². The number of halogens is 3. The van der Waals surface area contributed by atoms with Gasteiger partial charge in [0.2, 0.25) is 0 Å². The molecule has 122 valence electrons. The summed E-state index contributed by atoms with van der Waals surface area (Å²) in [5.74, 6) is 0.283. The largest absolute Gasteiger partial charge is 0.455 e. The van der Waals surface area contributed by atoms with E-state index in [0.717, 1.165) is 43.1 Å². The molecule has 0 spiro atoms. The van der Waals surface area contributed by atoms with E-state index in [0.29, 0.717) is 11.5 Å². The molecule has 0 saturated carbocycles. The second-order valence-corrected chi connectivity index (χ2v) is 9.43. The fourth-order valence-corrected chi connectivity index (χ4v) is 5.33. The van der Waals surface area contributed by atoms with Crippen LogP contribution in [-0.4, -0.2) is 24.7 Å². The molecule has 1 aliphatic heterocycles. The zero-order chi connectivity index (χ0) is 16.3. The monoisotopic (exact) mass is 640 g/mol. The quantitative estimate of drug-likeness (QED) is 0.310. The first-order valence-corrected chi connectivity index (χ1v) is 10.8. The summed E-state index contributed by atoms with van der Waals surface area (Å²) in [4.78, 5) is 12.7. The van der Waals surface area contributed by atoms with E-state index in [9.17, 15) is 4.79 Å². The summed E-state index contributed by atoms with van der Waals surface area (Å²) in [5.41, 5.74) is 0.333. The third-order valence-corrected chi connectivity index (χ3v) is 8.21. The number of hydrogen-bond acceptors (Lipinski definition) is 2. The molecule has 22 heavy (non-hydrogen) atoms. The van der Waals surface area contributed by atoms with E-state index in [1.165, 1.54) is 0 Å². The highest BCUT2D eigenvalue weighted by Crippen LogP contribution is 2.33. The second-order valence-electron chi connectivity index (χ2n) is 5.95. The minimum Gasteiger partial charge on any atom is -0.455 e. The first-order valence-electron chi connectivity index (χ1n) is 7.57. The molecule has 0 aliphatic carbocycles. The molecule has 1 aromatic rings. The van der Waals surface area contributed by atoms with Gasteiger partial charge in [-0.15, -0.1) is 0 Å². The van der Waals surface area contributed by atoms with E-state index < -0.39 is 0 Å². The Balaban J connectivity index is 2.22. The highest BCUT2D eigenvalue weighted by molar-refractivity contribution is 14.1. The highest BCUT2D eigenvalue weighted by atomic mass is 127. The van der Waals surface area contributed by atoms with Crippen LogP contribution in [0.25, 0.3) is 0 Å². The molecular formula is C16H21I3NO2+. The summed E-state index contributed by atoms with van der Waals surface area (Å²) in [6.07, 6.45) is 3.11. The molecule has 6 heteroatoms. The van der Waals surface area contributed by atoms with Crippen LogP contribution in [0.15, 0.2) is 12.1 Å². The molecule has 1 unspecified atom stereocenters. The van der Waals surface area contributed by atoms with Crippen molar-refractivity contribution in [3.63, 3.8) is 0 Å². The smallest absolute Gasteiger partial charge is 0.339 e. The molecule has 3 nitrogen and oxygen atoms in total. The van der Waals surface area contributed by atoms with Crippen LogP contribution in [0.3, 0.4) is 0 Å². The van der Waals surface area contributed by atoms with Gasteiger partial charge < -0.3 is 10.1 Å². The van der Waals surface area contributed by atoms with Gasteiger partial charge in [0.05, 0.1) is 18.7 Å². The van der Waals surface area contributed by atoms with Gasteiger partial charge in [-0.25, -0.2) is 4.79 Å². The number of carbonyl (C=O) groups is 1. The number of ether oxygens (including phenoxy) is 1. The number of hydrogen-bond donors (Lipinski definition) is 1. The number of rotatable bonds is 4. The maximum absolute atomic E-state index is 12.7. The fourth-order valence-electron chi connectivity index (χ4n) is 2.95. The second kappa shape index (κ2) is 8.28. The van der Waals surface area contributed by atoms with Crippen molar-refractivity contribution in [1.29, 1.82) is 0 Å². The van der Waals surface area contributed by atoms with E-state index in [-0.39, 0.29) is 11.6 Å². The van der Waals surface area contributed by atoms with Crippen molar-refractivity contribution in [1.82, 2.24) is 0 Å². The zero-order valence-electron chi connectivity index (χ0n) is 12.8. The van der Waals surface area contributed by atoms with Gasteiger partial charge in [-0.2, -0.15) is 0 Å². The van der Waals surface area contributed by atoms with Crippen molar-refractivity contribution in [2.24, 2.45) is 5.92 Å². The van der Waals surface area contributed by atoms with Gasteiger partial charge in [0.25, 0.3) is 0 Å². The summed E-state index contributed by atoms with van der Waals surface area (Å²) < 4.78 is 9.19. The van der Waals surface area contributed by atoms with Crippen molar-refractivity contribution in [2.45, 2.75) is 38.7 Å². The summed E-state index contributed by atoms with van der Waals surface area (Å²) >= 11 is 6.76. The Morgan fingerprint density at radius 1 is 1.32 bits per heavy atom. The molecule has 1 saturated heterocycles. The maximum atomic E-state index is 12.7. The Labute approximate surface area is 173 Å². The van der Waals surface area contributed by atoms with Crippen molar-refractivity contribution >= 4 is 73.7 Å². The Morgan fingerprint density at radius 3 is 2.55 bits per heavy atom. The van der Waals surface area contributed by atoms with Crippen LogP contribution in [0.5, 0.6) is 0 Å². The van der Waals surface area contributed by atoms with Crippen molar-refractivity contribution in [3.8, 4) is 0 Å². The number of carbonyl (C=O) groups excluding carboxylic acids is 1. The first-order chi connectivity index (χ1) is 10.4. The number of quaternary nitrogens is 1. The van der Waals surface area contributed by atoms with E-state index in [2.05, 4.69) is 93.0 Å². The van der Waals surface area contributed by atoms with Crippen LogP contribution >= 0.6 is 67.8 Å². The third-order valence-electron chi connectivity index (χ3n) is 4.54. The predicted molar refractivity (Wildman–Crippen MR) is 113 cm³/mol. The van der Waals surface area contributed by atoms with Gasteiger partial charge in [-0.1, -0.05) is 6.92 Å². The van der Waals surface area contributed by atoms with Crippen LogP contribution in [0.4, 0.5) is 0 Å². The Hall–Kier alpha value is 0.840. The molecule has 0 aromatic heterocycles. The molecule has 0 bridgehead atoms. The molecule has 1 aromatic carbocycles. The fraction of sp³-hybridized carbons (Fsp3) is 0.562. The van der Waals surface area contributed by atoms with E-state index in [4.69, 9.17) is 4.74 Å². The lowest BCUT2D eigenvalue weighted by Gasteiger charge is -2.38. The number of piperidine rings is 1. The highest BCUT2D eigenvalue weighted by Gasteiger charge is 2.38. The van der Waals surface area contributed by atoms with Crippen LogP contribution in [-0.2, 0) is 4.74 Å². The van der Waals surface area contributed by atoms with Gasteiger partial charge in [0.15, 0.2) is 0 Å². The molecule has 2 N–H and O–H groups in total. The average Bonchev–Trinajstić information content (AvgIpc) is 2.51. The molecule has 2 rings (SSSR count). The molecule has 1 atom stereocenters. The molecule has 0 amide bonds. The minimum absolute atomic E-state index is 0.181. The van der Waals surface area contributed by atoms with Gasteiger partial charge in [0, 0.05) is 29.5 Å². The maximum Gasteiger partial charge on any atom is 0.339 e. The normalized spacial score (nSPS) is 18.8. The third kappa shape index (κ3) is 4.47. The lowest BCUT2D eigenvalue weighted by molar-refractivity contribution is -0.666. The van der Waals surface area contributed by atoms with E-state index >= 15 is 0 Å². The van der Waals surface area contributed by atoms with Gasteiger partial charge in [0.1, 0.15) is 5.60 Å². The average molecular weight is 640 g/mol. The SMILES string of the molecule is CCC(C)(OC(=O)c1cc(I)cc(I)c1I)C1CC[NH2+]CC1. The molecule has 0 radical (unpaired) electrons. The molecule has 1 fully saturated rings. The summed E-state index contributed by atoms with van der Waals surface area (Å²) in [6, 6.07) is 4.01. The van der Waals surface area contributed by atoms with Gasteiger partial charge >= 0.3 is 5.97 Å². The van der Waals surface area contributed by atoms with Gasteiger partial charge in [-0.3, -0.25) is 0 Å². The Bertz CT molecular complexity index is 559. The number of benzene rings is 1. The summed E-state index contributed by atoms with van der Waals surface area (Å²) in [5, 5.41) is 2.35. The minimum atomic E-state index is -0.360. The Kier molecular flexibility index (Phi) is 7.22. The topological polar surface area (TPSA) is 42.9 Å². The first kappa shape index (κ1) is 19.2. The molecule has 1 heterocycles. The van der Waals surface area contributed by atoms with Crippen molar-refractivity contribution in [3.05, 3.63) is 28.4 Å².